The maximum Gasteiger partial charge on any atom is 0.407 e. The molecule has 0 aromatic heterocycles. The lowest BCUT2D eigenvalue weighted by Gasteiger charge is -2.34. The Hall–Kier alpha value is -1.50. The molecular formula is C20H39N5O2. The molecular weight excluding hydrogens is 342 g/mol. The van der Waals surface area contributed by atoms with Crippen molar-refractivity contribution in [2.24, 2.45) is 16.8 Å². The number of carbonyl (C=O) groups is 1. The Kier molecular flexibility index (Phi) is 9.18. The van der Waals surface area contributed by atoms with Gasteiger partial charge in [-0.05, 0) is 51.4 Å². The zero-order valence-corrected chi connectivity index (χ0v) is 17.6. The van der Waals surface area contributed by atoms with E-state index in [4.69, 9.17) is 9.73 Å². The minimum absolute atomic E-state index is 0.0624. The average molecular weight is 382 g/mol. The molecule has 2 rings (SSSR count). The maximum atomic E-state index is 11.8. The smallest absolute Gasteiger partial charge is 0.407 e. The van der Waals surface area contributed by atoms with Gasteiger partial charge in [0.05, 0.1) is 19.2 Å². The van der Waals surface area contributed by atoms with Crippen LogP contribution in [0, 0.1) is 11.8 Å². The first-order valence-electron chi connectivity index (χ1n) is 10.7. The molecule has 2 aliphatic rings. The van der Waals surface area contributed by atoms with Crippen LogP contribution in [0.3, 0.4) is 0 Å². The largest absolute Gasteiger partial charge is 0.450 e. The highest BCUT2D eigenvalue weighted by atomic mass is 16.5. The zero-order chi connectivity index (χ0) is 19.6. The topological polar surface area (TPSA) is 78.0 Å². The molecule has 1 saturated carbocycles. The standard InChI is InChI=1S/C20H39N5O2/c1-5-21-19(23-17-9-11-25(12-10-17)14-15(3)4)22-13-18(16-7-8-16)24-20(26)27-6-2/h15-18H,5-14H2,1-4H3,(H,24,26)(H2,21,22,23). The van der Waals surface area contributed by atoms with E-state index in [9.17, 15) is 4.79 Å². The van der Waals surface area contributed by atoms with Gasteiger partial charge in [0, 0.05) is 32.2 Å². The fourth-order valence-corrected chi connectivity index (χ4v) is 3.61. The number of amides is 1. The van der Waals surface area contributed by atoms with Crippen LogP contribution in [0.25, 0.3) is 0 Å². The van der Waals surface area contributed by atoms with E-state index < -0.39 is 0 Å². The van der Waals surface area contributed by atoms with Gasteiger partial charge in [0.15, 0.2) is 5.96 Å². The molecule has 7 nitrogen and oxygen atoms in total. The number of ether oxygens (including phenoxy) is 1. The van der Waals surface area contributed by atoms with Crippen LogP contribution in [-0.4, -0.2) is 68.4 Å². The van der Waals surface area contributed by atoms with Gasteiger partial charge < -0.3 is 25.6 Å². The highest BCUT2D eigenvalue weighted by Gasteiger charge is 2.32. The van der Waals surface area contributed by atoms with Gasteiger partial charge in [-0.15, -0.1) is 0 Å². The van der Waals surface area contributed by atoms with Crippen molar-refractivity contribution in [3.8, 4) is 0 Å². The van der Waals surface area contributed by atoms with Crippen LogP contribution in [0.1, 0.15) is 53.4 Å². The number of carbonyl (C=O) groups excluding carboxylic acids is 1. The van der Waals surface area contributed by atoms with Gasteiger partial charge in [-0.25, -0.2) is 4.79 Å². The van der Waals surface area contributed by atoms with Crippen molar-refractivity contribution < 1.29 is 9.53 Å². The average Bonchev–Trinajstić information content (AvgIpc) is 3.45. The number of rotatable bonds is 9. The van der Waals surface area contributed by atoms with E-state index >= 15 is 0 Å². The van der Waals surface area contributed by atoms with Crippen LogP contribution < -0.4 is 16.0 Å². The molecule has 0 radical (unpaired) electrons. The van der Waals surface area contributed by atoms with Gasteiger partial charge in [0.25, 0.3) is 0 Å². The highest BCUT2D eigenvalue weighted by Crippen LogP contribution is 2.32. The van der Waals surface area contributed by atoms with Crippen LogP contribution in [0.5, 0.6) is 0 Å². The predicted molar refractivity (Wildman–Crippen MR) is 110 cm³/mol. The molecule has 0 bridgehead atoms. The third kappa shape index (κ3) is 8.37. The number of nitrogens with one attached hydrogen (secondary N) is 3. The van der Waals surface area contributed by atoms with Gasteiger partial charge in [-0.3, -0.25) is 4.99 Å². The third-order valence-electron chi connectivity index (χ3n) is 5.11. The Morgan fingerprint density at radius 1 is 1.19 bits per heavy atom. The Morgan fingerprint density at radius 2 is 1.89 bits per heavy atom. The molecule has 27 heavy (non-hydrogen) atoms. The second-order valence-electron chi connectivity index (χ2n) is 8.14. The fourth-order valence-electron chi connectivity index (χ4n) is 3.61. The van der Waals surface area contributed by atoms with Crippen molar-refractivity contribution in [2.75, 3.05) is 39.3 Å². The Morgan fingerprint density at radius 3 is 2.44 bits per heavy atom. The minimum atomic E-state index is -0.333. The molecule has 0 spiro atoms. The van der Waals surface area contributed by atoms with Crippen LogP contribution in [0.2, 0.25) is 0 Å². The first-order chi connectivity index (χ1) is 13.0. The summed E-state index contributed by atoms with van der Waals surface area (Å²) in [4.78, 5) is 19.1. The van der Waals surface area contributed by atoms with Crippen molar-refractivity contribution in [1.29, 1.82) is 0 Å². The van der Waals surface area contributed by atoms with Crippen molar-refractivity contribution in [3.05, 3.63) is 0 Å². The molecule has 1 saturated heterocycles. The number of aliphatic imine (C=N–C) groups is 1. The molecule has 7 heteroatoms. The molecule has 1 heterocycles. The molecule has 1 aliphatic heterocycles. The summed E-state index contributed by atoms with van der Waals surface area (Å²) in [6, 6.07) is 0.524. The van der Waals surface area contributed by atoms with E-state index in [2.05, 4.69) is 41.6 Å². The quantitative estimate of drug-likeness (QED) is 0.421. The van der Waals surface area contributed by atoms with E-state index in [1.165, 1.54) is 6.54 Å². The molecule has 2 fully saturated rings. The highest BCUT2D eigenvalue weighted by molar-refractivity contribution is 5.80. The fraction of sp³-hybridized carbons (Fsp3) is 0.900. The number of nitrogens with zero attached hydrogens (tertiary/aromatic N) is 2. The molecule has 156 valence electrons. The van der Waals surface area contributed by atoms with Gasteiger partial charge >= 0.3 is 6.09 Å². The van der Waals surface area contributed by atoms with Crippen molar-refractivity contribution in [1.82, 2.24) is 20.9 Å². The van der Waals surface area contributed by atoms with Crippen LogP contribution in [0.4, 0.5) is 4.79 Å². The monoisotopic (exact) mass is 381 g/mol. The van der Waals surface area contributed by atoms with Crippen LogP contribution >= 0.6 is 0 Å². The van der Waals surface area contributed by atoms with Gasteiger partial charge in [0.2, 0.25) is 0 Å². The lowest BCUT2D eigenvalue weighted by Crippen LogP contribution is -2.49. The van der Waals surface area contributed by atoms with Gasteiger partial charge in [-0.2, -0.15) is 0 Å². The Balaban J connectivity index is 1.83. The van der Waals surface area contributed by atoms with E-state index in [1.807, 2.05) is 6.92 Å². The summed E-state index contributed by atoms with van der Waals surface area (Å²) in [6.07, 6.45) is 4.27. The third-order valence-corrected chi connectivity index (χ3v) is 5.11. The molecule has 3 N–H and O–H groups in total. The summed E-state index contributed by atoms with van der Waals surface area (Å²) in [5.41, 5.74) is 0. The SMILES string of the molecule is CCNC(=NCC(NC(=O)OCC)C1CC1)NC1CCN(CC(C)C)CC1. The Labute approximate surface area is 164 Å². The molecule has 0 aromatic carbocycles. The van der Waals surface area contributed by atoms with E-state index in [0.29, 0.717) is 25.1 Å². The van der Waals surface area contributed by atoms with Gasteiger partial charge in [0.1, 0.15) is 0 Å². The summed E-state index contributed by atoms with van der Waals surface area (Å²) in [5, 5.41) is 9.91. The van der Waals surface area contributed by atoms with Crippen LogP contribution in [-0.2, 0) is 4.74 Å². The summed E-state index contributed by atoms with van der Waals surface area (Å²) in [7, 11) is 0. The van der Waals surface area contributed by atoms with E-state index in [0.717, 1.165) is 57.2 Å². The second-order valence-corrected chi connectivity index (χ2v) is 8.14. The number of piperidine rings is 1. The molecule has 0 aromatic rings. The van der Waals surface area contributed by atoms with Crippen LogP contribution in [0.15, 0.2) is 4.99 Å². The van der Waals surface area contributed by atoms with E-state index in [-0.39, 0.29) is 12.1 Å². The number of alkyl carbamates (subject to hydrolysis) is 1. The number of likely N-dealkylation sites (tertiary alicyclic amines) is 1. The lowest BCUT2D eigenvalue weighted by molar-refractivity contribution is 0.147. The second kappa shape index (κ2) is 11.4. The predicted octanol–water partition coefficient (Wildman–Crippen LogP) is 2.19. The zero-order valence-electron chi connectivity index (χ0n) is 17.6. The summed E-state index contributed by atoms with van der Waals surface area (Å²) in [5.74, 6) is 2.11. The van der Waals surface area contributed by atoms with Gasteiger partial charge in [-0.1, -0.05) is 13.8 Å². The number of hydrogen-bond acceptors (Lipinski definition) is 4. The molecule has 1 unspecified atom stereocenters. The van der Waals surface area contributed by atoms with Crippen molar-refractivity contribution in [2.45, 2.75) is 65.5 Å². The first kappa shape index (κ1) is 21.8. The molecule has 1 atom stereocenters. The summed E-state index contributed by atoms with van der Waals surface area (Å²) >= 11 is 0. The number of guanidine groups is 1. The van der Waals surface area contributed by atoms with E-state index in [1.54, 1.807) is 0 Å². The minimum Gasteiger partial charge on any atom is -0.450 e. The first-order valence-corrected chi connectivity index (χ1v) is 10.7. The molecule has 1 aliphatic carbocycles. The van der Waals surface area contributed by atoms with Crippen molar-refractivity contribution >= 4 is 12.1 Å². The summed E-state index contributed by atoms with van der Waals surface area (Å²) < 4.78 is 5.03. The number of hydrogen-bond donors (Lipinski definition) is 3. The van der Waals surface area contributed by atoms with Crippen molar-refractivity contribution in [3.63, 3.8) is 0 Å². The lowest BCUT2D eigenvalue weighted by atomic mass is 10.0. The summed E-state index contributed by atoms with van der Waals surface area (Å²) in [6.45, 7) is 13.7. The maximum absolute atomic E-state index is 11.8. The normalized spacial score (nSPS) is 20.4. The molecule has 1 amide bonds. The Bertz CT molecular complexity index is 471.